The Hall–Kier alpha value is -0.780. The van der Waals surface area contributed by atoms with Crippen molar-refractivity contribution in [2.75, 3.05) is 11.9 Å². The number of benzene rings is 1. The summed E-state index contributed by atoms with van der Waals surface area (Å²) in [5, 5.41) is 4.88. The van der Waals surface area contributed by atoms with Crippen molar-refractivity contribution in [2.24, 2.45) is 0 Å². The molecule has 0 saturated heterocycles. The zero-order valence-corrected chi connectivity index (χ0v) is 13.5. The average Bonchev–Trinajstić information content (AvgIpc) is 2.42. The van der Waals surface area contributed by atoms with Gasteiger partial charge in [-0.2, -0.15) is 0 Å². The van der Waals surface area contributed by atoms with Crippen LogP contribution < -0.4 is 5.32 Å². The van der Waals surface area contributed by atoms with Gasteiger partial charge in [0.15, 0.2) is 0 Å². The first-order chi connectivity index (χ1) is 9.20. The van der Waals surface area contributed by atoms with Crippen molar-refractivity contribution >= 4 is 45.1 Å². The number of hydrogen-bond acceptors (Lipinski definition) is 4. The van der Waals surface area contributed by atoms with E-state index < -0.39 is 0 Å². The molecule has 0 unspecified atom stereocenters. The van der Waals surface area contributed by atoms with Crippen LogP contribution in [0.5, 0.6) is 0 Å². The lowest BCUT2D eigenvalue weighted by molar-refractivity contribution is 1.01. The van der Waals surface area contributed by atoms with Crippen LogP contribution >= 0.6 is 39.3 Å². The van der Waals surface area contributed by atoms with Crippen molar-refractivity contribution in [1.82, 2.24) is 9.97 Å². The Labute approximate surface area is 130 Å². The predicted molar refractivity (Wildman–Crippen MR) is 84.9 cm³/mol. The summed E-state index contributed by atoms with van der Waals surface area (Å²) >= 11 is 11.1. The quantitative estimate of drug-likeness (QED) is 0.625. The molecule has 0 fully saturated rings. The van der Waals surface area contributed by atoms with E-state index >= 15 is 0 Å². The van der Waals surface area contributed by atoms with Gasteiger partial charge in [0, 0.05) is 17.3 Å². The van der Waals surface area contributed by atoms with Crippen LogP contribution in [0.4, 0.5) is 5.82 Å². The minimum absolute atomic E-state index is 0.756. The molecule has 0 bridgehead atoms. The van der Waals surface area contributed by atoms with Crippen molar-refractivity contribution in [3.05, 3.63) is 45.7 Å². The van der Waals surface area contributed by atoms with Crippen LogP contribution in [0, 0.1) is 0 Å². The van der Waals surface area contributed by atoms with Crippen LogP contribution in [0.15, 0.2) is 40.1 Å². The molecule has 1 N–H and O–H groups in total. The molecule has 0 radical (unpaired) electrons. The van der Waals surface area contributed by atoms with E-state index in [1.54, 1.807) is 18.1 Å². The smallest absolute Gasteiger partial charge is 0.144 e. The zero-order valence-electron chi connectivity index (χ0n) is 10.4. The molecule has 100 valence electrons. The fourth-order valence-corrected chi connectivity index (χ4v) is 3.13. The van der Waals surface area contributed by atoms with E-state index in [2.05, 4.69) is 31.2 Å². The number of aromatic nitrogens is 2. The van der Waals surface area contributed by atoms with Gasteiger partial charge in [-0.3, -0.25) is 0 Å². The van der Waals surface area contributed by atoms with Crippen LogP contribution in [0.2, 0.25) is 5.02 Å². The molecule has 0 amide bonds. The zero-order chi connectivity index (χ0) is 13.7. The standard InChI is InChI=1S/C13H13BrClN3S/c1-2-16-12-11(14)13(18-8-17-12)19-7-9-3-5-10(15)6-4-9/h3-6,8H,2,7H2,1H3,(H,16,17,18). The third-order valence-electron chi connectivity index (χ3n) is 2.39. The second-order valence-electron chi connectivity index (χ2n) is 3.79. The second kappa shape index (κ2) is 7.12. The van der Waals surface area contributed by atoms with Gasteiger partial charge < -0.3 is 5.32 Å². The SMILES string of the molecule is CCNc1ncnc(SCc2ccc(Cl)cc2)c1Br. The molecule has 0 saturated carbocycles. The lowest BCUT2D eigenvalue weighted by atomic mass is 10.2. The van der Waals surface area contributed by atoms with E-state index in [9.17, 15) is 0 Å². The summed E-state index contributed by atoms with van der Waals surface area (Å²) in [6.45, 7) is 2.87. The van der Waals surface area contributed by atoms with E-state index in [1.807, 2.05) is 31.2 Å². The third kappa shape index (κ3) is 4.09. The molecule has 2 aromatic rings. The van der Waals surface area contributed by atoms with Gasteiger partial charge in [-0.05, 0) is 40.5 Å². The van der Waals surface area contributed by atoms with E-state index in [0.717, 1.165) is 32.6 Å². The van der Waals surface area contributed by atoms with Crippen molar-refractivity contribution < 1.29 is 0 Å². The van der Waals surface area contributed by atoms with Gasteiger partial charge in [0.05, 0.1) is 4.47 Å². The van der Waals surface area contributed by atoms with E-state index in [-0.39, 0.29) is 0 Å². The Morgan fingerprint density at radius 3 is 2.68 bits per heavy atom. The van der Waals surface area contributed by atoms with Gasteiger partial charge in [0.25, 0.3) is 0 Å². The summed E-state index contributed by atoms with van der Waals surface area (Å²) in [7, 11) is 0. The number of hydrogen-bond donors (Lipinski definition) is 1. The third-order valence-corrected chi connectivity index (χ3v) is 4.72. The van der Waals surface area contributed by atoms with Crippen molar-refractivity contribution in [3.8, 4) is 0 Å². The average molecular weight is 359 g/mol. The molecule has 1 aromatic carbocycles. The summed E-state index contributed by atoms with van der Waals surface area (Å²) in [6, 6.07) is 7.85. The highest BCUT2D eigenvalue weighted by Crippen LogP contribution is 2.32. The second-order valence-corrected chi connectivity index (χ2v) is 5.98. The van der Waals surface area contributed by atoms with Gasteiger partial charge in [0.2, 0.25) is 0 Å². The Morgan fingerprint density at radius 1 is 1.26 bits per heavy atom. The number of rotatable bonds is 5. The van der Waals surface area contributed by atoms with E-state index in [0.29, 0.717) is 0 Å². The monoisotopic (exact) mass is 357 g/mol. The maximum Gasteiger partial charge on any atom is 0.144 e. The Kier molecular flexibility index (Phi) is 5.48. The molecule has 0 aliphatic rings. The van der Waals surface area contributed by atoms with Crippen LogP contribution in [-0.4, -0.2) is 16.5 Å². The first-order valence-electron chi connectivity index (χ1n) is 5.82. The largest absolute Gasteiger partial charge is 0.369 e. The molecule has 0 aliphatic heterocycles. The number of anilines is 1. The first-order valence-corrected chi connectivity index (χ1v) is 7.98. The van der Waals surface area contributed by atoms with Crippen molar-refractivity contribution in [2.45, 2.75) is 17.7 Å². The van der Waals surface area contributed by atoms with Gasteiger partial charge in [-0.15, -0.1) is 11.8 Å². The Bertz CT molecular complexity index is 548. The highest BCUT2D eigenvalue weighted by atomic mass is 79.9. The fraction of sp³-hybridized carbons (Fsp3) is 0.231. The molecule has 2 rings (SSSR count). The van der Waals surface area contributed by atoms with Gasteiger partial charge in [0.1, 0.15) is 17.2 Å². The Balaban J connectivity index is 2.07. The molecule has 3 nitrogen and oxygen atoms in total. The van der Waals surface area contributed by atoms with Crippen molar-refractivity contribution in [3.63, 3.8) is 0 Å². The van der Waals surface area contributed by atoms with E-state index in [1.165, 1.54) is 5.56 Å². The molecule has 19 heavy (non-hydrogen) atoms. The molecule has 1 heterocycles. The topological polar surface area (TPSA) is 37.8 Å². The minimum atomic E-state index is 0.756. The van der Waals surface area contributed by atoms with Gasteiger partial charge in [-0.25, -0.2) is 9.97 Å². The summed E-state index contributed by atoms with van der Waals surface area (Å²) < 4.78 is 0.913. The normalized spacial score (nSPS) is 10.5. The molecule has 1 aromatic heterocycles. The maximum atomic E-state index is 5.87. The molecular weight excluding hydrogens is 346 g/mol. The van der Waals surface area contributed by atoms with Crippen LogP contribution in [0.1, 0.15) is 12.5 Å². The fourth-order valence-electron chi connectivity index (χ4n) is 1.48. The summed E-state index contributed by atoms with van der Waals surface area (Å²) in [4.78, 5) is 8.49. The predicted octanol–water partition coefficient (Wildman–Crippen LogP) is 4.62. The summed E-state index contributed by atoms with van der Waals surface area (Å²) in [6.07, 6.45) is 1.58. The number of thioether (sulfide) groups is 1. The molecule has 6 heteroatoms. The highest BCUT2D eigenvalue weighted by Gasteiger charge is 2.08. The molecular formula is C13H13BrClN3S. The van der Waals surface area contributed by atoms with Crippen LogP contribution in [0.3, 0.4) is 0 Å². The highest BCUT2D eigenvalue weighted by molar-refractivity contribution is 9.10. The van der Waals surface area contributed by atoms with Gasteiger partial charge >= 0.3 is 0 Å². The number of halogens is 2. The van der Waals surface area contributed by atoms with Crippen LogP contribution in [-0.2, 0) is 5.75 Å². The maximum absolute atomic E-state index is 5.87. The summed E-state index contributed by atoms with van der Waals surface area (Å²) in [5.41, 5.74) is 1.21. The first kappa shape index (κ1) is 14.6. The van der Waals surface area contributed by atoms with Crippen molar-refractivity contribution in [1.29, 1.82) is 0 Å². The minimum Gasteiger partial charge on any atom is -0.369 e. The lowest BCUT2D eigenvalue weighted by Crippen LogP contribution is -2.01. The van der Waals surface area contributed by atoms with E-state index in [4.69, 9.17) is 11.6 Å². The Morgan fingerprint density at radius 2 is 2.00 bits per heavy atom. The van der Waals surface area contributed by atoms with Crippen LogP contribution in [0.25, 0.3) is 0 Å². The molecule has 0 aliphatic carbocycles. The number of nitrogens with zero attached hydrogens (tertiary/aromatic N) is 2. The van der Waals surface area contributed by atoms with Gasteiger partial charge in [-0.1, -0.05) is 23.7 Å². The summed E-state index contributed by atoms with van der Waals surface area (Å²) in [5.74, 6) is 1.68. The molecule has 0 atom stereocenters. The lowest BCUT2D eigenvalue weighted by Gasteiger charge is -2.08. The molecule has 0 spiro atoms. The number of nitrogens with one attached hydrogen (secondary N) is 1.